The van der Waals surface area contributed by atoms with E-state index < -0.39 is 298 Å². The molecule has 7 aliphatic heterocycles. The Labute approximate surface area is 557 Å². The van der Waals surface area contributed by atoms with Gasteiger partial charge in [-0.2, -0.15) is 81.5 Å². The molecule has 28 atom stereocenters. The molecule has 56 nitrogen and oxygen atoms in total. The number of aliphatic carboxylic acids is 3. The predicted octanol–water partition coefficient (Wildman–Crippen LogP) is -14.3. The second-order valence-electron chi connectivity index (χ2n) is 21.0. The first-order chi connectivity index (χ1) is 45.5. The number of carbonyl (C=O) groups is 3. The predicted molar refractivity (Wildman–Crippen MR) is 285 cm³/mol. The van der Waals surface area contributed by atoms with Crippen LogP contribution in [0, 0.1) is 0 Å². The van der Waals surface area contributed by atoms with E-state index in [0.29, 0.717) is 0 Å². The number of aliphatic hydroxyl groups is 6. The monoisotopic (exact) mass is 1630 g/mol. The molecule has 28 unspecified atom stereocenters. The molecule has 20 N–H and O–H groups in total. The molecule has 0 aromatic rings. The van der Waals surface area contributed by atoms with Gasteiger partial charge in [0, 0.05) is 0 Å². The van der Waals surface area contributed by atoms with Crippen LogP contribution < -0.4 is 14.2 Å². The third kappa shape index (κ3) is 22.4. The molecular weight excluding hydrogens is 1580 g/mol. The molecule has 7 aliphatic rings. The Kier molecular flexibility index (Phi) is 26.2. The minimum Gasteiger partial charge on any atom is -0.479 e. The van der Waals surface area contributed by atoms with Crippen LogP contribution in [-0.4, -0.2) is 359 Å². The van der Waals surface area contributed by atoms with Crippen LogP contribution in [0.15, 0.2) is 11.8 Å². The summed E-state index contributed by atoms with van der Waals surface area (Å²) < 4.78 is 361. The van der Waals surface area contributed by atoms with Crippen LogP contribution in [0.4, 0.5) is 0 Å². The average Bonchev–Trinajstić information content (AvgIpc) is 1.06. The summed E-state index contributed by atoms with van der Waals surface area (Å²) in [4.78, 5) is 37.9. The highest BCUT2D eigenvalue weighted by atomic mass is 32.3. The van der Waals surface area contributed by atoms with Gasteiger partial charge in [0.1, 0.15) is 104 Å². The molecule has 6 saturated heterocycles. The highest BCUT2D eigenvalue weighted by molar-refractivity contribution is 7.84. The van der Waals surface area contributed by atoms with Gasteiger partial charge in [-0.25, -0.2) is 35.3 Å². The molecule has 0 aromatic heterocycles. The first-order valence-corrected chi connectivity index (χ1v) is 37.4. The van der Waals surface area contributed by atoms with E-state index >= 15 is 0 Å². The molecule has 0 aliphatic carbocycles. The van der Waals surface area contributed by atoms with Gasteiger partial charge in [-0.3, -0.25) is 36.4 Å². The first-order valence-electron chi connectivity index (χ1n) is 26.2. The maximum atomic E-state index is 13.1. The number of carboxylic acid groups (broad SMARTS) is 3. The Balaban J connectivity index is 1.24. The highest BCUT2D eigenvalue weighted by Gasteiger charge is 2.62. The number of hydrogen-bond acceptors (Lipinski definition) is 42. The number of ether oxygens (including phenoxy) is 12. The summed E-state index contributed by atoms with van der Waals surface area (Å²) in [6, 6.07) is -8.05. The summed E-state index contributed by atoms with van der Waals surface area (Å²) in [6.45, 7) is -4.43. The number of rotatable bonds is 31. The fraction of sp³-hybridized carbons (Fsp3) is 0.861. The minimum atomic E-state index is -6.28. The van der Waals surface area contributed by atoms with Crippen molar-refractivity contribution in [2.75, 3.05) is 19.8 Å². The molecule has 0 radical (unpaired) electrons. The molecule has 0 aromatic carbocycles. The Bertz CT molecular complexity index is 3960. The quantitative estimate of drug-likeness (QED) is 0.0287. The first kappa shape index (κ1) is 83.5. The van der Waals surface area contributed by atoms with Crippen LogP contribution in [0.5, 0.6) is 0 Å². The molecule has 580 valence electrons. The molecule has 7 heterocycles. The zero-order chi connectivity index (χ0) is 75.4. The molecular formula is C36H55N3O53S8. The summed E-state index contributed by atoms with van der Waals surface area (Å²) in [7, 11) is -46.9. The van der Waals surface area contributed by atoms with E-state index in [1.165, 1.54) is 14.2 Å². The molecule has 2 bridgehead atoms. The van der Waals surface area contributed by atoms with Crippen LogP contribution in [0.25, 0.3) is 0 Å². The van der Waals surface area contributed by atoms with E-state index in [9.17, 15) is 164 Å². The Hall–Kier alpha value is -3.77. The highest BCUT2D eigenvalue weighted by Crippen LogP contribution is 2.40. The van der Waals surface area contributed by atoms with Crippen LogP contribution in [0.1, 0.15) is 0 Å². The minimum absolute atomic E-state index is 0.216. The summed E-state index contributed by atoms with van der Waals surface area (Å²) in [6.07, 6.45) is -70.7. The second-order valence-corrected chi connectivity index (χ2v) is 29.9. The van der Waals surface area contributed by atoms with Crippen molar-refractivity contribution in [1.82, 2.24) is 14.2 Å². The lowest BCUT2D eigenvalue weighted by Gasteiger charge is -2.50. The number of aliphatic hydroxyl groups excluding tert-OH is 6. The van der Waals surface area contributed by atoms with Crippen LogP contribution >= 0.6 is 0 Å². The van der Waals surface area contributed by atoms with Gasteiger partial charge in [0.25, 0.3) is 0 Å². The van der Waals surface area contributed by atoms with E-state index in [0.717, 1.165) is 0 Å². The molecule has 0 amide bonds. The molecule has 100 heavy (non-hydrogen) atoms. The lowest BCUT2D eigenvalue weighted by atomic mass is 9.94. The third-order valence-electron chi connectivity index (χ3n) is 14.1. The fourth-order valence-corrected chi connectivity index (χ4v) is 14.2. The molecule has 64 heteroatoms. The van der Waals surface area contributed by atoms with Crippen molar-refractivity contribution in [1.29, 1.82) is 0 Å². The Morgan fingerprint density at radius 1 is 0.410 bits per heavy atom. The largest absolute Gasteiger partial charge is 0.479 e. The SMILES string of the molecule is O=C(O)C1=CC(O)C(OS(=O)(=O)O)C(OC2C(COS(=O)(=O)O)OC(OC3C(C(=O)O)OC(OC4C(COS(=O)(=O)O)OC(OC5C(C(=O)O)OC(OC6C7COC(O7)C(NS(=O)(=O)O)C6O)C(OS(=O)(=O)O)C5O)C(NS(=O)(=O)O)C4O)C(OS(=O)(=O)O)C3O)C(NS(=O)(=O)O)C2O)O1. The molecule has 7 rings (SSSR count). The van der Waals surface area contributed by atoms with Crippen molar-refractivity contribution in [2.45, 2.75) is 172 Å². The summed E-state index contributed by atoms with van der Waals surface area (Å²) >= 11 is 0. The number of fused-ring (bicyclic) bond motifs is 2. The molecule has 0 saturated carbocycles. The van der Waals surface area contributed by atoms with Crippen molar-refractivity contribution in [2.24, 2.45) is 0 Å². The zero-order valence-corrected chi connectivity index (χ0v) is 54.5. The number of carboxylic acids is 3. The Morgan fingerprint density at radius 3 is 1.12 bits per heavy atom. The van der Waals surface area contributed by atoms with Crippen molar-refractivity contribution >= 4 is 101 Å². The maximum absolute atomic E-state index is 13.1. The Morgan fingerprint density at radius 2 is 0.760 bits per heavy atom. The van der Waals surface area contributed by atoms with Crippen molar-refractivity contribution < 1.29 is 242 Å². The molecule has 0 spiro atoms. The average molecular weight is 1630 g/mol. The van der Waals surface area contributed by atoms with Gasteiger partial charge in [0.15, 0.2) is 62.0 Å². The van der Waals surface area contributed by atoms with Crippen molar-refractivity contribution in [3.63, 3.8) is 0 Å². The summed E-state index contributed by atoms with van der Waals surface area (Å²) in [5.41, 5.74) is 0. The van der Waals surface area contributed by atoms with Gasteiger partial charge in [0.2, 0.25) is 12.0 Å². The second kappa shape index (κ2) is 31.4. The summed E-state index contributed by atoms with van der Waals surface area (Å²) in [5, 5.41) is 99.4. The van der Waals surface area contributed by atoms with Crippen LogP contribution in [0.3, 0.4) is 0 Å². The zero-order valence-electron chi connectivity index (χ0n) is 47.9. The number of nitrogens with one attached hydrogen (secondary N) is 3. The number of hydrogen-bond donors (Lipinski definition) is 20. The maximum Gasteiger partial charge on any atom is 0.397 e. The van der Waals surface area contributed by atoms with E-state index in [-0.39, 0.29) is 6.08 Å². The van der Waals surface area contributed by atoms with Crippen LogP contribution in [-0.2, 0) is 175 Å². The van der Waals surface area contributed by atoms with Crippen molar-refractivity contribution in [3.8, 4) is 0 Å². The van der Waals surface area contributed by atoms with Gasteiger partial charge < -0.3 is 103 Å². The lowest BCUT2D eigenvalue weighted by Crippen LogP contribution is -2.71. The molecule has 6 fully saturated rings. The fourth-order valence-electron chi connectivity index (χ4n) is 10.4. The van der Waals surface area contributed by atoms with Gasteiger partial charge in [-0.05, 0) is 6.08 Å². The third-order valence-corrected chi connectivity index (χ3v) is 18.1. The van der Waals surface area contributed by atoms with Gasteiger partial charge >= 0.3 is 101 Å². The van der Waals surface area contributed by atoms with E-state index in [1.54, 1.807) is 0 Å². The topological polar surface area (TPSA) is 861 Å². The normalized spacial score (nSPS) is 39.6. The van der Waals surface area contributed by atoms with E-state index in [1.807, 2.05) is 0 Å². The lowest BCUT2D eigenvalue weighted by molar-refractivity contribution is -0.372. The van der Waals surface area contributed by atoms with E-state index in [4.69, 9.17) is 56.8 Å². The standard InChI is InChI=1S/C36H55N3O53S8/c40-5-1-6(28(46)47)79-34(18(5)90-98(67,68)69)83-20-8(3-77-96(61,62)63)81-32(11(14(20)42)38-94(55,56)57)86-23-17(45)25(92-100(73,74)75)36(89-27(23)30(50)51)85-21-9(4-78-97(64,65)66)82-33(12(15(21)43)39-95(58,59)60)87-22-16(44)24(91-99(70,71)72)35(88-26(22)29(48)49)84-19-7-2-76-31(80-7)10(13(19)41)37-93(52,53)54/h1,5,7-27,31-45H,2-4H2,(H,46,47)(H,48,49)(H,50,51)(H,52,53,54)(H,55,56,57)(H,58,59,60)(H,61,62,63)(H,64,65,66)(H,67,68,69)(H,70,71,72)(H,73,74,75). The van der Waals surface area contributed by atoms with Gasteiger partial charge in [0.05, 0.1) is 19.8 Å². The van der Waals surface area contributed by atoms with Gasteiger partial charge in [-0.15, -0.1) is 0 Å². The van der Waals surface area contributed by atoms with Gasteiger partial charge in [-0.1, -0.05) is 0 Å². The van der Waals surface area contributed by atoms with Crippen molar-refractivity contribution in [3.05, 3.63) is 11.8 Å². The smallest absolute Gasteiger partial charge is 0.397 e. The summed E-state index contributed by atoms with van der Waals surface area (Å²) in [5.74, 6) is -8.41. The van der Waals surface area contributed by atoms with E-state index in [2.05, 4.69) is 20.9 Å². The van der Waals surface area contributed by atoms with Crippen LogP contribution in [0.2, 0.25) is 0 Å².